The second-order valence-electron chi connectivity index (χ2n) is 5.44. The number of hydrazone groups is 1. The van der Waals surface area contributed by atoms with Crippen LogP contribution in [-0.2, 0) is 4.79 Å². The molecule has 0 unspecified atom stereocenters. The summed E-state index contributed by atoms with van der Waals surface area (Å²) in [5.41, 5.74) is 8.37. The zero-order valence-electron chi connectivity index (χ0n) is 13.2. The van der Waals surface area contributed by atoms with Crippen molar-refractivity contribution in [3.8, 4) is 6.07 Å². The van der Waals surface area contributed by atoms with E-state index in [1.54, 1.807) is 0 Å². The molecule has 0 radical (unpaired) electrons. The van der Waals surface area contributed by atoms with Crippen molar-refractivity contribution in [2.24, 2.45) is 10.8 Å². The Morgan fingerprint density at radius 2 is 1.71 bits per heavy atom. The maximum Gasteiger partial charge on any atom is 0.176 e. The minimum absolute atomic E-state index is 0.190. The first kappa shape index (κ1) is 15.5. The van der Waals surface area contributed by atoms with E-state index < -0.39 is 5.92 Å². The van der Waals surface area contributed by atoms with E-state index >= 15 is 0 Å². The number of hydrogen-bond acceptors (Lipinski definition) is 5. The maximum atomic E-state index is 12.2. The third-order valence-corrected chi connectivity index (χ3v) is 3.89. The van der Waals surface area contributed by atoms with Gasteiger partial charge in [0.25, 0.3) is 0 Å². The summed E-state index contributed by atoms with van der Waals surface area (Å²) in [5, 5.41) is 15.6. The molecule has 0 aromatic heterocycles. The van der Waals surface area contributed by atoms with Gasteiger partial charge in [0.05, 0.1) is 23.2 Å². The summed E-state index contributed by atoms with van der Waals surface area (Å²) in [6, 6.07) is 20.7. The van der Waals surface area contributed by atoms with Crippen molar-refractivity contribution in [1.82, 2.24) is 0 Å². The normalized spacial score (nSPS) is 17.2. The summed E-state index contributed by atoms with van der Waals surface area (Å²) in [5.74, 6) is -0.499. The Morgan fingerprint density at radius 1 is 1.12 bits per heavy atom. The number of nitrogens with zero attached hydrogens (tertiary/aromatic N) is 3. The van der Waals surface area contributed by atoms with E-state index in [2.05, 4.69) is 11.2 Å². The third-order valence-electron chi connectivity index (χ3n) is 3.89. The van der Waals surface area contributed by atoms with Gasteiger partial charge in [0.1, 0.15) is 11.5 Å². The number of carbonyl (C=O) groups excluding carboxylic acids is 1. The first-order valence-electron chi connectivity index (χ1n) is 7.52. The van der Waals surface area contributed by atoms with Gasteiger partial charge < -0.3 is 5.73 Å². The van der Waals surface area contributed by atoms with E-state index in [4.69, 9.17) is 5.73 Å². The number of benzene rings is 2. The van der Waals surface area contributed by atoms with Crippen LogP contribution in [0.15, 0.2) is 77.2 Å². The van der Waals surface area contributed by atoms with Crippen LogP contribution in [0.4, 0.5) is 5.69 Å². The number of para-hydroxylation sites is 1. The topological polar surface area (TPSA) is 82.5 Å². The average molecular weight is 316 g/mol. The second-order valence-corrected chi connectivity index (χ2v) is 5.44. The number of allylic oxidation sites excluding steroid dienone is 1. The minimum atomic E-state index is -0.548. The molecule has 118 valence electrons. The standard InChI is InChI=1S/C19H16N4O/c1-13(24)18-17(14-8-4-2-5-9-14)16(12-20)19(21)23(22-18)15-10-6-3-7-11-15/h2-11,17H,21H2,1H3/t17-/m1/s1. The summed E-state index contributed by atoms with van der Waals surface area (Å²) in [6.45, 7) is 1.45. The van der Waals surface area contributed by atoms with E-state index in [0.29, 0.717) is 17.0 Å². The summed E-state index contributed by atoms with van der Waals surface area (Å²) in [7, 11) is 0. The predicted molar refractivity (Wildman–Crippen MR) is 93.0 cm³/mol. The monoisotopic (exact) mass is 316 g/mol. The lowest BCUT2D eigenvalue weighted by molar-refractivity contribution is -0.111. The Kier molecular flexibility index (Phi) is 4.13. The Morgan fingerprint density at radius 3 is 2.25 bits per heavy atom. The van der Waals surface area contributed by atoms with E-state index in [1.165, 1.54) is 11.9 Å². The Hall–Kier alpha value is -3.39. The number of carbonyl (C=O) groups is 1. The highest BCUT2D eigenvalue weighted by Gasteiger charge is 2.34. The predicted octanol–water partition coefficient (Wildman–Crippen LogP) is 2.93. The number of ketones is 1. The zero-order chi connectivity index (χ0) is 17.1. The molecule has 24 heavy (non-hydrogen) atoms. The molecule has 1 atom stereocenters. The molecule has 5 nitrogen and oxygen atoms in total. The SMILES string of the molecule is CC(=O)C1=NN(c2ccccc2)C(N)=C(C#N)[C@H]1c1ccccc1. The van der Waals surface area contributed by atoms with Crippen LogP contribution in [0.3, 0.4) is 0 Å². The fraction of sp³-hybridized carbons (Fsp3) is 0.105. The lowest BCUT2D eigenvalue weighted by Crippen LogP contribution is -2.36. The Balaban J connectivity index is 2.19. The number of anilines is 1. The molecular formula is C19H16N4O. The summed E-state index contributed by atoms with van der Waals surface area (Å²) >= 11 is 0. The van der Waals surface area contributed by atoms with Crippen molar-refractivity contribution in [2.75, 3.05) is 5.01 Å². The van der Waals surface area contributed by atoms with Crippen LogP contribution >= 0.6 is 0 Å². The van der Waals surface area contributed by atoms with Crippen molar-refractivity contribution in [3.05, 3.63) is 77.6 Å². The highest BCUT2D eigenvalue weighted by atomic mass is 16.1. The molecule has 1 aliphatic heterocycles. The van der Waals surface area contributed by atoms with Gasteiger partial charge in [-0.3, -0.25) is 4.79 Å². The lowest BCUT2D eigenvalue weighted by Gasteiger charge is -2.30. The summed E-state index contributed by atoms with van der Waals surface area (Å²) in [6.07, 6.45) is 0. The fourth-order valence-electron chi connectivity index (χ4n) is 2.75. The molecule has 0 aliphatic carbocycles. The number of rotatable bonds is 3. The van der Waals surface area contributed by atoms with Crippen LogP contribution in [0.25, 0.3) is 0 Å². The summed E-state index contributed by atoms with van der Waals surface area (Å²) in [4.78, 5) is 12.2. The van der Waals surface area contributed by atoms with Gasteiger partial charge in [0.15, 0.2) is 5.78 Å². The van der Waals surface area contributed by atoms with Gasteiger partial charge in [0.2, 0.25) is 0 Å². The van der Waals surface area contributed by atoms with Gasteiger partial charge in [-0.1, -0.05) is 48.5 Å². The van der Waals surface area contributed by atoms with E-state index in [1.807, 2.05) is 60.7 Å². The summed E-state index contributed by atoms with van der Waals surface area (Å²) < 4.78 is 0. The minimum Gasteiger partial charge on any atom is -0.383 e. The van der Waals surface area contributed by atoms with Crippen molar-refractivity contribution < 1.29 is 4.79 Å². The zero-order valence-corrected chi connectivity index (χ0v) is 13.2. The van der Waals surface area contributed by atoms with E-state index in [9.17, 15) is 10.1 Å². The number of nitrogens with two attached hydrogens (primary N) is 1. The molecule has 1 aliphatic rings. The molecule has 0 amide bonds. The van der Waals surface area contributed by atoms with Crippen LogP contribution in [-0.4, -0.2) is 11.5 Å². The molecule has 0 spiro atoms. The molecule has 1 heterocycles. The Labute approximate surface area is 140 Å². The third kappa shape index (κ3) is 2.66. The smallest absolute Gasteiger partial charge is 0.176 e. The average Bonchev–Trinajstić information content (AvgIpc) is 2.62. The van der Waals surface area contributed by atoms with Crippen LogP contribution in [0.5, 0.6) is 0 Å². The van der Waals surface area contributed by atoms with Crippen LogP contribution < -0.4 is 10.7 Å². The lowest BCUT2D eigenvalue weighted by atomic mass is 9.85. The van der Waals surface area contributed by atoms with Crippen molar-refractivity contribution in [2.45, 2.75) is 12.8 Å². The number of Topliss-reactive ketones (excluding diaryl/α,β-unsaturated/α-hetero) is 1. The molecule has 5 heteroatoms. The first-order valence-corrected chi connectivity index (χ1v) is 7.52. The van der Waals surface area contributed by atoms with Crippen molar-refractivity contribution in [1.29, 1.82) is 5.26 Å². The Bertz CT molecular complexity index is 863. The molecule has 2 N–H and O–H groups in total. The highest BCUT2D eigenvalue weighted by Crippen LogP contribution is 2.34. The molecule has 2 aromatic carbocycles. The highest BCUT2D eigenvalue weighted by molar-refractivity contribution is 6.42. The van der Waals surface area contributed by atoms with Crippen molar-refractivity contribution in [3.63, 3.8) is 0 Å². The van der Waals surface area contributed by atoms with Gasteiger partial charge in [-0.2, -0.15) is 10.4 Å². The van der Waals surface area contributed by atoms with Crippen LogP contribution in [0, 0.1) is 11.3 Å². The molecule has 3 rings (SSSR count). The van der Waals surface area contributed by atoms with Crippen LogP contribution in [0.1, 0.15) is 18.4 Å². The fourth-order valence-corrected chi connectivity index (χ4v) is 2.75. The van der Waals surface area contributed by atoms with Gasteiger partial charge in [0, 0.05) is 6.92 Å². The quantitative estimate of drug-likeness (QED) is 0.943. The van der Waals surface area contributed by atoms with E-state index in [-0.39, 0.29) is 11.6 Å². The molecule has 0 saturated heterocycles. The van der Waals surface area contributed by atoms with Gasteiger partial charge in [-0.05, 0) is 17.7 Å². The maximum absolute atomic E-state index is 12.2. The van der Waals surface area contributed by atoms with E-state index in [0.717, 1.165) is 5.56 Å². The van der Waals surface area contributed by atoms with Gasteiger partial charge >= 0.3 is 0 Å². The number of hydrogen-bond donors (Lipinski definition) is 1. The number of nitriles is 1. The van der Waals surface area contributed by atoms with Crippen LogP contribution in [0.2, 0.25) is 0 Å². The molecule has 0 fully saturated rings. The molecule has 2 aromatic rings. The largest absolute Gasteiger partial charge is 0.383 e. The molecule has 0 saturated carbocycles. The van der Waals surface area contributed by atoms with Crippen molar-refractivity contribution >= 4 is 17.2 Å². The second kappa shape index (κ2) is 6.39. The van der Waals surface area contributed by atoms with Gasteiger partial charge in [-0.25, -0.2) is 5.01 Å². The molecule has 0 bridgehead atoms. The van der Waals surface area contributed by atoms with Gasteiger partial charge in [-0.15, -0.1) is 0 Å². The molecular weight excluding hydrogens is 300 g/mol. The first-order chi connectivity index (χ1) is 11.6.